The minimum atomic E-state index is -0.823. The largest absolute Gasteiger partial charge is 0.464 e. The molecule has 270 valence electrons. The molecule has 0 aromatic heterocycles. The first-order valence-electron chi connectivity index (χ1n) is 19.9. The van der Waals surface area contributed by atoms with Gasteiger partial charge in [0.15, 0.2) is 0 Å². The van der Waals surface area contributed by atoms with Gasteiger partial charge in [-0.25, -0.2) is 0 Å². The first kappa shape index (κ1) is 44.4. The number of carbonyl (C=O) groups is 2. The summed E-state index contributed by atoms with van der Waals surface area (Å²) in [7, 11) is 0. The van der Waals surface area contributed by atoms with Crippen LogP contribution in [-0.4, -0.2) is 30.7 Å². The molecule has 0 heterocycles. The molecule has 0 bridgehead atoms. The van der Waals surface area contributed by atoms with E-state index in [4.69, 9.17) is 15.2 Å². The maximum Gasteiger partial charge on any atom is 0.305 e. The number of rotatable bonds is 35. The van der Waals surface area contributed by atoms with Crippen LogP contribution >= 0.6 is 0 Å². The van der Waals surface area contributed by atoms with Crippen molar-refractivity contribution in [1.29, 1.82) is 0 Å². The molecule has 0 fully saturated rings. The Hall–Kier alpha value is -1.62. The number of nitrogens with two attached hydrogens (primary N) is 1. The molecule has 0 saturated heterocycles. The molecule has 0 amide bonds. The SMILES string of the molecule is CCCCCCCCC=CCCCCCCCC(=O)OCC(N)(CC)COC(=O)CCCCCCCC=CCCCCCCCC. The minimum Gasteiger partial charge on any atom is -0.464 e. The van der Waals surface area contributed by atoms with Gasteiger partial charge in [0.2, 0.25) is 0 Å². The Labute approximate surface area is 286 Å². The van der Waals surface area contributed by atoms with E-state index < -0.39 is 5.54 Å². The molecule has 2 N–H and O–H groups in total. The molecule has 0 rings (SSSR count). The van der Waals surface area contributed by atoms with Crippen molar-refractivity contribution in [2.24, 2.45) is 5.73 Å². The molecular formula is C41H77NO4. The molecule has 0 unspecified atom stereocenters. The average Bonchev–Trinajstić information content (AvgIpc) is 3.06. The van der Waals surface area contributed by atoms with E-state index in [-0.39, 0.29) is 25.2 Å². The predicted octanol–water partition coefficient (Wildman–Crippen LogP) is 12.3. The second-order valence-electron chi connectivity index (χ2n) is 13.7. The van der Waals surface area contributed by atoms with Gasteiger partial charge in [-0.2, -0.15) is 0 Å². The van der Waals surface area contributed by atoms with Gasteiger partial charge >= 0.3 is 11.9 Å². The standard InChI is InChI=1S/C41H77NO4/c1-4-7-9-11-13-15-17-19-21-23-25-27-29-31-33-35-39(43)45-37-41(42,6-3)38-46-40(44)36-34-32-30-28-26-24-22-20-18-16-14-12-10-8-5-2/h19-22H,4-18,23-38,42H2,1-3H3. The van der Waals surface area contributed by atoms with E-state index in [1.807, 2.05) is 6.92 Å². The second kappa shape index (κ2) is 34.7. The fraction of sp³-hybridized carbons (Fsp3) is 0.854. The third-order valence-corrected chi connectivity index (χ3v) is 9.03. The number of esters is 2. The van der Waals surface area contributed by atoms with Gasteiger partial charge in [-0.1, -0.05) is 148 Å². The van der Waals surface area contributed by atoms with Crippen LogP contribution < -0.4 is 5.73 Å². The minimum absolute atomic E-state index is 0.0914. The lowest BCUT2D eigenvalue weighted by molar-refractivity contribution is -0.150. The zero-order valence-corrected chi connectivity index (χ0v) is 30.9. The molecule has 0 aromatic rings. The zero-order chi connectivity index (χ0) is 33.8. The summed E-state index contributed by atoms with van der Waals surface area (Å²) in [6.07, 6.45) is 42.8. The number of ether oxygens (including phenoxy) is 2. The van der Waals surface area contributed by atoms with Gasteiger partial charge in [-0.15, -0.1) is 0 Å². The summed E-state index contributed by atoms with van der Waals surface area (Å²) in [6, 6.07) is 0. The molecule has 46 heavy (non-hydrogen) atoms. The summed E-state index contributed by atoms with van der Waals surface area (Å²) in [5.74, 6) is -0.416. The Morgan fingerprint density at radius 3 is 1.04 bits per heavy atom. The van der Waals surface area contributed by atoms with E-state index in [9.17, 15) is 9.59 Å². The van der Waals surface area contributed by atoms with Crippen LogP contribution in [0.1, 0.15) is 207 Å². The summed E-state index contributed by atoms with van der Waals surface area (Å²) in [5, 5.41) is 0. The number of allylic oxidation sites excluding steroid dienone is 4. The van der Waals surface area contributed by atoms with Gasteiger partial charge < -0.3 is 15.2 Å². The molecule has 0 radical (unpaired) electrons. The highest BCUT2D eigenvalue weighted by atomic mass is 16.5. The van der Waals surface area contributed by atoms with Crippen LogP contribution in [0.25, 0.3) is 0 Å². The van der Waals surface area contributed by atoms with E-state index in [1.165, 1.54) is 116 Å². The zero-order valence-electron chi connectivity index (χ0n) is 30.9. The molecule has 5 nitrogen and oxygen atoms in total. The van der Waals surface area contributed by atoms with E-state index >= 15 is 0 Å². The Morgan fingerprint density at radius 2 is 0.739 bits per heavy atom. The normalized spacial score (nSPS) is 13.0. The van der Waals surface area contributed by atoms with Crippen molar-refractivity contribution < 1.29 is 19.1 Å². The van der Waals surface area contributed by atoms with Crippen molar-refractivity contribution >= 4 is 11.9 Å². The van der Waals surface area contributed by atoms with Crippen molar-refractivity contribution in [2.75, 3.05) is 13.2 Å². The maximum atomic E-state index is 12.2. The van der Waals surface area contributed by atoms with Crippen LogP contribution in [-0.2, 0) is 19.1 Å². The molecule has 0 aliphatic carbocycles. The van der Waals surface area contributed by atoms with Crippen molar-refractivity contribution in [2.45, 2.75) is 213 Å². The van der Waals surface area contributed by atoms with Gasteiger partial charge in [0.1, 0.15) is 13.2 Å². The fourth-order valence-corrected chi connectivity index (χ4v) is 5.52. The van der Waals surface area contributed by atoms with Crippen molar-refractivity contribution in [1.82, 2.24) is 0 Å². The van der Waals surface area contributed by atoms with E-state index in [2.05, 4.69) is 38.2 Å². The third kappa shape index (κ3) is 32.3. The van der Waals surface area contributed by atoms with Gasteiger partial charge in [0, 0.05) is 12.8 Å². The highest BCUT2D eigenvalue weighted by Crippen LogP contribution is 2.14. The van der Waals surface area contributed by atoms with Crippen LogP contribution in [0, 0.1) is 0 Å². The summed E-state index contributed by atoms with van der Waals surface area (Å²) in [4.78, 5) is 24.5. The van der Waals surface area contributed by atoms with Crippen LogP contribution in [0.5, 0.6) is 0 Å². The molecule has 5 heteroatoms. The van der Waals surface area contributed by atoms with Crippen LogP contribution in [0.15, 0.2) is 24.3 Å². The Morgan fingerprint density at radius 1 is 0.457 bits per heavy atom. The van der Waals surface area contributed by atoms with Crippen LogP contribution in [0.4, 0.5) is 0 Å². The third-order valence-electron chi connectivity index (χ3n) is 9.03. The highest BCUT2D eigenvalue weighted by molar-refractivity contribution is 5.70. The smallest absolute Gasteiger partial charge is 0.305 e. The van der Waals surface area contributed by atoms with Crippen LogP contribution in [0.2, 0.25) is 0 Å². The number of unbranched alkanes of at least 4 members (excludes halogenated alkanes) is 22. The molecule has 0 aliphatic heterocycles. The quantitative estimate of drug-likeness (QED) is 0.0420. The first-order valence-corrected chi connectivity index (χ1v) is 19.9. The van der Waals surface area contributed by atoms with Gasteiger partial charge in [-0.3, -0.25) is 9.59 Å². The lowest BCUT2D eigenvalue weighted by atomic mass is 10.0. The average molecular weight is 648 g/mol. The van der Waals surface area contributed by atoms with Crippen molar-refractivity contribution in [3.05, 3.63) is 24.3 Å². The molecule has 0 spiro atoms. The molecule has 0 atom stereocenters. The van der Waals surface area contributed by atoms with Crippen molar-refractivity contribution in [3.63, 3.8) is 0 Å². The topological polar surface area (TPSA) is 78.6 Å². The Kier molecular flexibility index (Phi) is 33.5. The van der Waals surface area contributed by atoms with E-state index in [1.54, 1.807) is 0 Å². The highest BCUT2D eigenvalue weighted by Gasteiger charge is 2.27. The summed E-state index contributed by atoms with van der Waals surface area (Å²) < 4.78 is 10.9. The van der Waals surface area contributed by atoms with Gasteiger partial charge in [-0.05, 0) is 70.6 Å². The van der Waals surface area contributed by atoms with E-state index in [0.29, 0.717) is 19.3 Å². The van der Waals surface area contributed by atoms with Crippen LogP contribution in [0.3, 0.4) is 0 Å². The van der Waals surface area contributed by atoms with E-state index in [0.717, 1.165) is 51.4 Å². The summed E-state index contributed by atoms with van der Waals surface area (Å²) in [5.41, 5.74) is 5.58. The van der Waals surface area contributed by atoms with Gasteiger partial charge in [0.25, 0.3) is 0 Å². The molecule has 0 aromatic carbocycles. The predicted molar refractivity (Wildman–Crippen MR) is 198 cm³/mol. The number of hydrogen-bond donors (Lipinski definition) is 1. The van der Waals surface area contributed by atoms with Gasteiger partial charge in [0.05, 0.1) is 5.54 Å². The number of carbonyl (C=O) groups excluding carboxylic acids is 2. The lowest BCUT2D eigenvalue weighted by Gasteiger charge is -2.27. The lowest BCUT2D eigenvalue weighted by Crippen LogP contribution is -2.49. The monoisotopic (exact) mass is 648 g/mol. The molecule has 0 aliphatic rings. The Balaban J connectivity index is 3.69. The van der Waals surface area contributed by atoms with Crippen molar-refractivity contribution in [3.8, 4) is 0 Å². The second-order valence-corrected chi connectivity index (χ2v) is 13.7. The maximum absolute atomic E-state index is 12.2. The Bertz CT molecular complexity index is 676. The summed E-state index contributed by atoms with van der Waals surface area (Å²) >= 11 is 0. The first-order chi connectivity index (χ1) is 22.5. The fourth-order valence-electron chi connectivity index (χ4n) is 5.52. The molecular weight excluding hydrogens is 570 g/mol. The molecule has 0 saturated carbocycles. The number of hydrogen-bond acceptors (Lipinski definition) is 5. The summed E-state index contributed by atoms with van der Waals surface area (Å²) in [6.45, 7) is 6.65.